The highest BCUT2D eigenvalue weighted by Gasteiger charge is 2.36. The molecule has 2 fully saturated rings. The molecule has 1 saturated heterocycles. The van der Waals surface area contributed by atoms with Crippen molar-refractivity contribution in [1.29, 1.82) is 0 Å². The summed E-state index contributed by atoms with van der Waals surface area (Å²) in [5, 5.41) is 6.08. The molecule has 0 radical (unpaired) electrons. The molecular formula is C15H17N3O2S. The average molecular weight is 303 g/mol. The number of rotatable bonds is 3. The van der Waals surface area contributed by atoms with Crippen molar-refractivity contribution in [3.63, 3.8) is 0 Å². The Labute approximate surface area is 127 Å². The first-order valence-corrected chi connectivity index (χ1v) is 8.30. The van der Waals surface area contributed by atoms with Crippen LogP contribution >= 0.6 is 11.3 Å². The molecule has 110 valence electrons. The molecule has 1 aliphatic carbocycles. The minimum Gasteiger partial charge on any atom is -0.337 e. The molecule has 0 N–H and O–H groups in total. The largest absolute Gasteiger partial charge is 0.337 e. The minimum atomic E-state index is -0.0556. The molecule has 2 aromatic heterocycles. The number of likely N-dealkylation sites (tertiary alicyclic amines) is 1. The van der Waals surface area contributed by atoms with Gasteiger partial charge in [-0.3, -0.25) is 4.79 Å². The summed E-state index contributed by atoms with van der Waals surface area (Å²) in [6, 6.07) is 1.89. The van der Waals surface area contributed by atoms with E-state index in [1.807, 2.05) is 23.3 Å². The molecule has 0 bridgehead atoms. The van der Waals surface area contributed by atoms with Crippen LogP contribution in [0.15, 0.2) is 16.0 Å². The van der Waals surface area contributed by atoms with Crippen LogP contribution in [0, 0.1) is 6.92 Å². The van der Waals surface area contributed by atoms with Crippen LogP contribution in [0.5, 0.6) is 0 Å². The third-order valence-corrected chi connectivity index (χ3v) is 5.18. The molecule has 1 aliphatic heterocycles. The summed E-state index contributed by atoms with van der Waals surface area (Å²) in [6.07, 6.45) is 4.20. The Balaban J connectivity index is 1.57. The van der Waals surface area contributed by atoms with E-state index in [0.717, 1.165) is 48.5 Å². The van der Waals surface area contributed by atoms with Gasteiger partial charge in [-0.25, -0.2) is 0 Å². The smallest absolute Gasteiger partial charge is 0.264 e. The molecule has 0 aromatic carbocycles. The first kappa shape index (κ1) is 13.0. The van der Waals surface area contributed by atoms with Crippen molar-refractivity contribution in [2.75, 3.05) is 6.54 Å². The van der Waals surface area contributed by atoms with E-state index < -0.39 is 0 Å². The average Bonchev–Trinajstić information content (AvgIpc) is 2.94. The topological polar surface area (TPSA) is 59.2 Å². The quantitative estimate of drug-likeness (QED) is 0.873. The fourth-order valence-corrected chi connectivity index (χ4v) is 3.69. The Morgan fingerprint density at radius 2 is 2.29 bits per heavy atom. The van der Waals surface area contributed by atoms with Crippen LogP contribution in [0.2, 0.25) is 0 Å². The number of hydrogen-bond donors (Lipinski definition) is 0. The molecule has 21 heavy (non-hydrogen) atoms. The van der Waals surface area contributed by atoms with Crippen molar-refractivity contribution in [2.24, 2.45) is 0 Å². The van der Waals surface area contributed by atoms with E-state index in [1.54, 1.807) is 0 Å². The second-order valence-electron chi connectivity index (χ2n) is 5.91. The highest BCUT2D eigenvalue weighted by Crippen LogP contribution is 2.40. The van der Waals surface area contributed by atoms with E-state index in [0.29, 0.717) is 11.8 Å². The number of aryl methyl sites for hydroxylation is 1. The lowest BCUT2D eigenvalue weighted by Crippen LogP contribution is -2.30. The van der Waals surface area contributed by atoms with Gasteiger partial charge in [-0.2, -0.15) is 4.98 Å². The molecular weight excluding hydrogens is 286 g/mol. The van der Waals surface area contributed by atoms with Crippen molar-refractivity contribution in [3.05, 3.63) is 33.6 Å². The third-order valence-electron chi connectivity index (χ3n) is 4.14. The predicted octanol–water partition coefficient (Wildman–Crippen LogP) is 3.29. The summed E-state index contributed by atoms with van der Waals surface area (Å²) >= 11 is 1.50. The molecule has 6 heteroatoms. The number of nitrogens with zero attached hydrogens (tertiary/aromatic N) is 3. The van der Waals surface area contributed by atoms with Crippen molar-refractivity contribution < 1.29 is 9.32 Å². The number of hydrogen-bond acceptors (Lipinski definition) is 5. The summed E-state index contributed by atoms with van der Waals surface area (Å²) in [5.74, 6) is 1.99. The highest BCUT2D eigenvalue weighted by molar-refractivity contribution is 7.12. The Bertz CT molecular complexity index is 674. The van der Waals surface area contributed by atoms with Crippen molar-refractivity contribution in [2.45, 2.75) is 44.6 Å². The van der Waals surface area contributed by atoms with Gasteiger partial charge in [0.2, 0.25) is 5.89 Å². The zero-order chi connectivity index (χ0) is 14.4. The molecule has 1 amide bonds. The van der Waals surface area contributed by atoms with Gasteiger partial charge in [0.05, 0.1) is 4.88 Å². The fourth-order valence-electron chi connectivity index (χ4n) is 2.84. The zero-order valence-electron chi connectivity index (χ0n) is 11.9. The number of carbonyl (C=O) groups is 1. The summed E-state index contributed by atoms with van der Waals surface area (Å²) in [5.41, 5.74) is 1.13. The molecule has 0 spiro atoms. The maximum absolute atomic E-state index is 12.6. The van der Waals surface area contributed by atoms with Crippen LogP contribution in [0.4, 0.5) is 0 Å². The van der Waals surface area contributed by atoms with Gasteiger partial charge in [-0.05, 0) is 49.6 Å². The summed E-state index contributed by atoms with van der Waals surface area (Å²) in [7, 11) is 0. The van der Waals surface area contributed by atoms with Gasteiger partial charge in [0.15, 0.2) is 5.82 Å². The van der Waals surface area contributed by atoms with Gasteiger partial charge in [0.25, 0.3) is 5.91 Å². The fraction of sp³-hybridized carbons (Fsp3) is 0.533. The molecule has 1 atom stereocenters. The second kappa shape index (κ2) is 4.94. The first-order valence-electron chi connectivity index (χ1n) is 7.42. The lowest BCUT2D eigenvalue weighted by atomic mass is 10.2. The standard InChI is InChI=1S/C15H17N3O2S/c1-9-7-12(21-8-9)15(19)18-6-2-3-11(18)14-16-13(17-20-14)10-4-5-10/h7-8,10-11H,2-6H2,1H3. The van der Waals surface area contributed by atoms with Gasteiger partial charge in [0.1, 0.15) is 6.04 Å². The predicted molar refractivity (Wildman–Crippen MR) is 78.3 cm³/mol. The van der Waals surface area contributed by atoms with Crippen molar-refractivity contribution in [3.8, 4) is 0 Å². The molecule has 2 aromatic rings. The molecule has 2 aliphatic rings. The van der Waals surface area contributed by atoms with Gasteiger partial charge >= 0.3 is 0 Å². The number of aromatic nitrogens is 2. The normalized spacial score (nSPS) is 22.0. The third kappa shape index (κ3) is 2.37. The van der Waals surface area contributed by atoms with Crippen LogP contribution in [0.3, 0.4) is 0 Å². The zero-order valence-corrected chi connectivity index (χ0v) is 12.7. The Kier molecular flexibility index (Phi) is 3.06. The molecule has 4 rings (SSSR count). The molecule has 5 nitrogen and oxygen atoms in total. The van der Waals surface area contributed by atoms with Crippen molar-refractivity contribution >= 4 is 17.2 Å². The van der Waals surface area contributed by atoms with Gasteiger partial charge in [-0.1, -0.05) is 5.16 Å². The molecule has 1 unspecified atom stereocenters. The number of carbonyl (C=O) groups excluding carboxylic acids is 1. The van der Waals surface area contributed by atoms with E-state index in [9.17, 15) is 4.79 Å². The van der Waals surface area contributed by atoms with Crippen LogP contribution in [0.1, 0.15) is 64.6 Å². The van der Waals surface area contributed by atoms with Crippen LogP contribution in [-0.2, 0) is 0 Å². The highest BCUT2D eigenvalue weighted by atomic mass is 32.1. The van der Waals surface area contributed by atoms with E-state index in [1.165, 1.54) is 11.3 Å². The Hall–Kier alpha value is -1.69. The van der Waals surface area contributed by atoms with Crippen molar-refractivity contribution in [1.82, 2.24) is 15.0 Å². The SMILES string of the molecule is Cc1csc(C(=O)N2CCCC2c2nc(C3CC3)no2)c1. The van der Waals surface area contributed by atoms with Crippen LogP contribution in [0.25, 0.3) is 0 Å². The minimum absolute atomic E-state index is 0.0556. The van der Waals surface area contributed by atoms with Crippen LogP contribution < -0.4 is 0 Å². The lowest BCUT2D eigenvalue weighted by Gasteiger charge is -2.21. The maximum Gasteiger partial charge on any atom is 0.264 e. The van der Waals surface area contributed by atoms with E-state index >= 15 is 0 Å². The summed E-state index contributed by atoms with van der Waals surface area (Å²) in [4.78, 5) is 19.8. The van der Waals surface area contributed by atoms with Gasteiger partial charge in [0, 0.05) is 12.5 Å². The van der Waals surface area contributed by atoms with E-state index in [-0.39, 0.29) is 11.9 Å². The number of amides is 1. The summed E-state index contributed by atoms with van der Waals surface area (Å²) < 4.78 is 5.42. The Morgan fingerprint density at radius 3 is 3.00 bits per heavy atom. The van der Waals surface area contributed by atoms with Gasteiger partial charge in [-0.15, -0.1) is 11.3 Å². The van der Waals surface area contributed by atoms with Crippen LogP contribution in [-0.4, -0.2) is 27.5 Å². The van der Waals surface area contributed by atoms with E-state index in [2.05, 4.69) is 10.1 Å². The van der Waals surface area contributed by atoms with E-state index in [4.69, 9.17) is 4.52 Å². The Morgan fingerprint density at radius 1 is 1.43 bits per heavy atom. The molecule has 1 saturated carbocycles. The lowest BCUT2D eigenvalue weighted by molar-refractivity contribution is 0.0715. The monoisotopic (exact) mass is 303 g/mol. The number of thiophene rings is 1. The molecule has 3 heterocycles. The van der Waals surface area contributed by atoms with Gasteiger partial charge < -0.3 is 9.42 Å². The first-order chi connectivity index (χ1) is 10.2. The maximum atomic E-state index is 12.6. The summed E-state index contributed by atoms with van der Waals surface area (Å²) in [6.45, 7) is 2.77. The second-order valence-corrected chi connectivity index (χ2v) is 6.82.